The fraction of sp³-hybridized carbons (Fsp3) is 0.250. The van der Waals surface area contributed by atoms with Crippen molar-refractivity contribution in [2.75, 3.05) is 7.11 Å². The van der Waals surface area contributed by atoms with Crippen LogP contribution in [-0.4, -0.2) is 18.1 Å². The van der Waals surface area contributed by atoms with Gasteiger partial charge in [-0.25, -0.2) is 0 Å². The van der Waals surface area contributed by atoms with Gasteiger partial charge in [0.25, 0.3) is 0 Å². The minimum absolute atomic E-state index is 0.0542. The highest BCUT2D eigenvalue weighted by Crippen LogP contribution is 2.13. The van der Waals surface area contributed by atoms with E-state index in [0.717, 1.165) is 11.3 Å². The lowest BCUT2D eigenvalue weighted by Crippen LogP contribution is -2.14. The van der Waals surface area contributed by atoms with Crippen LogP contribution in [0.4, 0.5) is 0 Å². The lowest BCUT2D eigenvalue weighted by Gasteiger charge is -2.05. The Kier molecular flexibility index (Phi) is 4.43. The molecule has 0 radical (unpaired) electrons. The molecule has 0 heterocycles. The van der Waals surface area contributed by atoms with E-state index in [-0.39, 0.29) is 11.0 Å². The third kappa shape index (κ3) is 3.44. The molecule has 0 aliphatic carbocycles. The lowest BCUT2D eigenvalue weighted by atomic mass is 10.1. The van der Waals surface area contributed by atoms with E-state index in [1.54, 1.807) is 7.11 Å². The largest absolute Gasteiger partial charge is 0.497 e. The van der Waals surface area contributed by atoms with Crippen LogP contribution in [0.25, 0.3) is 0 Å². The van der Waals surface area contributed by atoms with E-state index in [1.165, 1.54) is 6.08 Å². The molecule has 15 heavy (non-hydrogen) atoms. The number of ether oxygens (including phenoxy) is 1. The monoisotopic (exact) mass is 222 g/mol. The summed E-state index contributed by atoms with van der Waals surface area (Å²) in [6.45, 7) is 3.53. The number of rotatable bonds is 5. The first kappa shape index (κ1) is 11.9. The number of thiol groups is 1. The van der Waals surface area contributed by atoms with Crippen molar-refractivity contribution >= 4 is 18.4 Å². The molecule has 0 N–H and O–H groups in total. The first-order valence-corrected chi connectivity index (χ1v) is 5.15. The van der Waals surface area contributed by atoms with Gasteiger partial charge in [0.15, 0.2) is 5.78 Å². The highest BCUT2D eigenvalue weighted by molar-refractivity contribution is 7.82. The Morgan fingerprint density at radius 2 is 2.13 bits per heavy atom. The molecule has 0 bridgehead atoms. The average molecular weight is 222 g/mol. The van der Waals surface area contributed by atoms with Crippen LogP contribution in [0.2, 0.25) is 0 Å². The number of hydrogen-bond acceptors (Lipinski definition) is 3. The normalized spacial score (nSPS) is 11.9. The SMILES string of the molecule is C=CC(S)C(=O)Cc1ccc(OC)cc1. The van der Waals surface area contributed by atoms with Gasteiger partial charge in [0.1, 0.15) is 5.75 Å². The number of benzene rings is 1. The van der Waals surface area contributed by atoms with E-state index < -0.39 is 0 Å². The second-order valence-corrected chi connectivity index (χ2v) is 3.73. The van der Waals surface area contributed by atoms with Crippen LogP contribution in [0.15, 0.2) is 36.9 Å². The maximum Gasteiger partial charge on any atom is 0.153 e. The van der Waals surface area contributed by atoms with Crippen molar-refractivity contribution in [1.82, 2.24) is 0 Å². The van der Waals surface area contributed by atoms with Crippen LogP contribution in [0, 0.1) is 0 Å². The minimum atomic E-state index is -0.382. The third-order valence-electron chi connectivity index (χ3n) is 2.09. The summed E-state index contributed by atoms with van der Waals surface area (Å²) in [6, 6.07) is 7.43. The molecule has 0 spiro atoms. The number of carbonyl (C=O) groups is 1. The fourth-order valence-corrected chi connectivity index (χ4v) is 1.27. The molecule has 2 nitrogen and oxygen atoms in total. The van der Waals surface area contributed by atoms with Crippen LogP contribution >= 0.6 is 12.6 Å². The van der Waals surface area contributed by atoms with Crippen molar-refractivity contribution < 1.29 is 9.53 Å². The second kappa shape index (κ2) is 5.61. The van der Waals surface area contributed by atoms with Crippen LogP contribution in [0.1, 0.15) is 5.56 Å². The number of methoxy groups -OCH3 is 1. The Hall–Kier alpha value is -1.22. The molecule has 80 valence electrons. The first-order valence-electron chi connectivity index (χ1n) is 4.63. The molecular formula is C12H14O2S. The predicted molar refractivity (Wildman–Crippen MR) is 64.7 cm³/mol. The molecule has 1 aromatic carbocycles. The summed E-state index contributed by atoms with van der Waals surface area (Å²) in [5.74, 6) is 0.843. The molecule has 0 fully saturated rings. The zero-order valence-corrected chi connectivity index (χ0v) is 9.54. The average Bonchev–Trinajstić information content (AvgIpc) is 2.29. The lowest BCUT2D eigenvalue weighted by molar-refractivity contribution is -0.117. The Morgan fingerprint density at radius 3 is 2.60 bits per heavy atom. The quantitative estimate of drug-likeness (QED) is 0.611. The van der Waals surface area contributed by atoms with E-state index in [1.807, 2.05) is 24.3 Å². The topological polar surface area (TPSA) is 26.3 Å². The molecule has 1 unspecified atom stereocenters. The van der Waals surface area contributed by atoms with Crippen LogP contribution in [-0.2, 0) is 11.2 Å². The fourth-order valence-electron chi connectivity index (χ4n) is 1.18. The van der Waals surface area contributed by atoms with E-state index >= 15 is 0 Å². The van der Waals surface area contributed by atoms with E-state index in [9.17, 15) is 4.79 Å². The van der Waals surface area contributed by atoms with Crippen LogP contribution in [0.5, 0.6) is 5.75 Å². The molecule has 1 aromatic rings. The van der Waals surface area contributed by atoms with Gasteiger partial charge in [0, 0.05) is 6.42 Å². The van der Waals surface area contributed by atoms with Gasteiger partial charge >= 0.3 is 0 Å². The van der Waals surface area contributed by atoms with Gasteiger partial charge in [-0.05, 0) is 17.7 Å². The van der Waals surface area contributed by atoms with E-state index in [4.69, 9.17) is 4.74 Å². The molecule has 0 saturated heterocycles. The summed E-state index contributed by atoms with van der Waals surface area (Å²) in [5, 5.41) is -0.382. The van der Waals surface area contributed by atoms with Crippen molar-refractivity contribution in [2.24, 2.45) is 0 Å². The molecule has 0 aliphatic rings. The van der Waals surface area contributed by atoms with E-state index in [0.29, 0.717) is 6.42 Å². The summed E-state index contributed by atoms with van der Waals surface area (Å²) >= 11 is 4.10. The Labute approximate surface area is 95.4 Å². The third-order valence-corrected chi connectivity index (χ3v) is 2.59. The van der Waals surface area contributed by atoms with Gasteiger partial charge in [0.05, 0.1) is 12.4 Å². The minimum Gasteiger partial charge on any atom is -0.497 e. The zero-order valence-electron chi connectivity index (χ0n) is 8.64. The smallest absolute Gasteiger partial charge is 0.153 e. The molecule has 1 rings (SSSR count). The number of hydrogen-bond donors (Lipinski definition) is 1. The molecular weight excluding hydrogens is 208 g/mol. The molecule has 0 saturated carbocycles. The Morgan fingerprint density at radius 1 is 1.53 bits per heavy atom. The summed E-state index contributed by atoms with van der Waals surface area (Å²) < 4.78 is 5.03. The summed E-state index contributed by atoms with van der Waals surface area (Å²) in [7, 11) is 1.61. The van der Waals surface area contributed by atoms with Crippen LogP contribution < -0.4 is 4.74 Å². The number of Topliss-reactive ketones (excluding diaryl/α,β-unsaturated/α-hetero) is 1. The Bertz CT molecular complexity index is 343. The van der Waals surface area contributed by atoms with E-state index in [2.05, 4.69) is 19.2 Å². The van der Waals surface area contributed by atoms with Crippen molar-refractivity contribution in [1.29, 1.82) is 0 Å². The second-order valence-electron chi connectivity index (χ2n) is 3.17. The standard InChI is InChI=1S/C12H14O2S/c1-3-12(15)11(13)8-9-4-6-10(14-2)7-5-9/h3-7,12,15H,1,8H2,2H3. The molecule has 1 atom stereocenters. The summed E-state index contributed by atoms with van der Waals surface area (Å²) in [5.41, 5.74) is 0.960. The zero-order chi connectivity index (χ0) is 11.3. The van der Waals surface area contributed by atoms with Gasteiger partial charge in [-0.1, -0.05) is 18.2 Å². The summed E-state index contributed by atoms with van der Waals surface area (Å²) in [6.07, 6.45) is 1.92. The van der Waals surface area contributed by atoms with Gasteiger partial charge in [-0.3, -0.25) is 4.79 Å². The van der Waals surface area contributed by atoms with Crippen molar-refractivity contribution in [3.05, 3.63) is 42.5 Å². The van der Waals surface area contributed by atoms with Crippen molar-refractivity contribution in [3.63, 3.8) is 0 Å². The maximum absolute atomic E-state index is 11.5. The Balaban J connectivity index is 2.65. The molecule has 0 aliphatic heterocycles. The number of ketones is 1. The molecule has 3 heteroatoms. The van der Waals surface area contributed by atoms with Gasteiger partial charge < -0.3 is 4.74 Å². The highest BCUT2D eigenvalue weighted by Gasteiger charge is 2.10. The highest BCUT2D eigenvalue weighted by atomic mass is 32.1. The summed E-state index contributed by atoms with van der Waals surface area (Å²) in [4.78, 5) is 11.5. The van der Waals surface area contributed by atoms with Gasteiger partial charge in [-0.2, -0.15) is 12.6 Å². The van der Waals surface area contributed by atoms with Crippen molar-refractivity contribution in [3.8, 4) is 5.75 Å². The first-order chi connectivity index (χ1) is 7.17. The maximum atomic E-state index is 11.5. The number of carbonyl (C=O) groups excluding carboxylic acids is 1. The molecule has 0 aromatic heterocycles. The van der Waals surface area contributed by atoms with Gasteiger partial charge in [-0.15, -0.1) is 6.58 Å². The predicted octanol–water partition coefficient (Wildman–Crippen LogP) is 2.29. The van der Waals surface area contributed by atoms with Gasteiger partial charge in [0.2, 0.25) is 0 Å². The molecule has 0 amide bonds. The van der Waals surface area contributed by atoms with Crippen LogP contribution in [0.3, 0.4) is 0 Å². The van der Waals surface area contributed by atoms with Crippen molar-refractivity contribution in [2.45, 2.75) is 11.7 Å².